The van der Waals surface area contributed by atoms with Crippen LogP contribution in [0.15, 0.2) is 0 Å². The highest BCUT2D eigenvalue weighted by atomic mass is 32.1. The average Bonchev–Trinajstić information content (AvgIpc) is 1.87. The van der Waals surface area contributed by atoms with Gasteiger partial charge in [0.1, 0.15) is 0 Å². The largest absolute Gasteiger partial charge is 0.294 e. The predicted octanol–water partition coefficient (Wildman–Crippen LogP) is 0.0748. The summed E-state index contributed by atoms with van der Waals surface area (Å²) in [6.07, 6.45) is 1.28. The third-order valence-corrected chi connectivity index (χ3v) is 1.60. The average molecular weight is 148 g/mol. The number of hydrazine groups is 1. The highest BCUT2D eigenvalue weighted by molar-refractivity contribution is 7.81. The molecule has 0 rings (SSSR count). The molecule has 0 saturated carbocycles. The fourth-order valence-corrected chi connectivity index (χ4v) is 0.583. The monoisotopic (exact) mass is 148 g/mol. The first-order valence-electron chi connectivity index (χ1n) is 2.88. The number of hydrogen-bond donors (Lipinski definition) is 3. The zero-order valence-electron chi connectivity index (χ0n) is 5.42. The van der Waals surface area contributed by atoms with E-state index in [0.717, 1.165) is 6.42 Å². The quantitative estimate of drug-likeness (QED) is 0.230. The van der Waals surface area contributed by atoms with Crippen molar-refractivity contribution < 1.29 is 4.79 Å². The Balaban J connectivity index is 3.34. The number of nitrogens with one attached hydrogen (secondary N) is 1. The lowest BCUT2D eigenvalue weighted by Gasteiger charge is -2.03. The number of rotatable bonds is 3. The molecule has 0 aromatic carbocycles. The normalized spacial score (nSPS) is 12.8. The second-order valence-corrected chi connectivity index (χ2v) is 2.56. The van der Waals surface area contributed by atoms with Gasteiger partial charge in [-0.3, -0.25) is 10.2 Å². The minimum absolute atomic E-state index is 0.133. The Morgan fingerprint density at radius 1 is 1.89 bits per heavy atom. The van der Waals surface area contributed by atoms with Crippen molar-refractivity contribution >= 4 is 18.5 Å². The fraction of sp³-hybridized carbons (Fsp3) is 0.800. The van der Waals surface area contributed by atoms with Crippen molar-refractivity contribution in [2.75, 3.05) is 0 Å². The second-order valence-electron chi connectivity index (χ2n) is 1.83. The number of thiol groups is 1. The van der Waals surface area contributed by atoms with Gasteiger partial charge < -0.3 is 0 Å². The Morgan fingerprint density at radius 3 is 2.78 bits per heavy atom. The van der Waals surface area contributed by atoms with Gasteiger partial charge in [-0.25, -0.2) is 5.84 Å². The summed E-state index contributed by atoms with van der Waals surface area (Å²) in [5.74, 6) is 4.69. The molecule has 0 fully saturated rings. The van der Waals surface area contributed by atoms with Crippen LogP contribution in [0.1, 0.15) is 19.8 Å². The number of carbonyl (C=O) groups is 1. The summed E-state index contributed by atoms with van der Waals surface area (Å²) in [4.78, 5) is 10.5. The van der Waals surface area contributed by atoms with Crippen LogP contribution in [0.25, 0.3) is 0 Å². The standard InChI is InChI=1S/C5H12N2OS/c1-2-4(9)3-5(8)7-6/h4,9H,2-3,6H2,1H3,(H,7,8). The lowest BCUT2D eigenvalue weighted by atomic mass is 10.2. The molecule has 0 aliphatic carbocycles. The van der Waals surface area contributed by atoms with E-state index < -0.39 is 0 Å². The van der Waals surface area contributed by atoms with E-state index in [-0.39, 0.29) is 11.2 Å². The fourth-order valence-electron chi connectivity index (χ4n) is 0.417. The zero-order chi connectivity index (χ0) is 7.28. The Labute approximate surface area is 60.4 Å². The third-order valence-electron chi connectivity index (χ3n) is 1.05. The summed E-state index contributed by atoms with van der Waals surface area (Å²) in [5.41, 5.74) is 2.04. The molecule has 0 bridgehead atoms. The zero-order valence-corrected chi connectivity index (χ0v) is 6.32. The Hall–Kier alpha value is -0.220. The van der Waals surface area contributed by atoms with Crippen molar-refractivity contribution in [1.29, 1.82) is 0 Å². The summed E-state index contributed by atoms with van der Waals surface area (Å²) in [6, 6.07) is 0. The van der Waals surface area contributed by atoms with E-state index in [1.165, 1.54) is 0 Å². The van der Waals surface area contributed by atoms with Crippen LogP contribution in [0.3, 0.4) is 0 Å². The molecule has 3 nitrogen and oxygen atoms in total. The predicted molar refractivity (Wildman–Crippen MR) is 40.0 cm³/mol. The van der Waals surface area contributed by atoms with Crippen molar-refractivity contribution in [3.63, 3.8) is 0 Å². The summed E-state index contributed by atoms with van der Waals surface area (Å²) in [7, 11) is 0. The van der Waals surface area contributed by atoms with Gasteiger partial charge in [0.05, 0.1) is 0 Å². The molecule has 1 atom stereocenters. The maximum absolute atomic E-state index is 10.5. The molecular formula is C5H12N2OS. The van der Waals surface area contributed by atoms with Crippen molar-refractivity contribution in [1.82, 2.24) is 5.43 Å². The summed E-state index contributed by atoms with van der Waals surface area (Å²) < 4.78 is 0. The molecule has 1 unspecified atom stereocenters. The van der Waals surface area contributed by atoms with Crippen molar-refractivity contribution in [3.05, 3.63) is 0 Å². The van der Waals surface area contributed by atoms with Gasteiger partial charge in [0, 0.05) is 11.7 Å². The Bertz CT molecular complexity index is 97.0. The molecule has 4 heteroatoms. The van der Waals surface area contributed by atoms with Crippen LogP contribution in [-0.4, -0.2) is 11.2 Å². The number of nitrogens with two attached hydrogens (primary N) is 1. The van der Waals surface area contributed by atoms with Crippen LogP contribution in [0.4, 0.5) is 0 Å². The molecule has 0 aliphatic rings. The van der Waals surface area contributed by atoms with Gasteiger partial charge in [0.15, 0.2) is 0 Å². The lowest BCUT2D eigenvalue weighted by molar-refractivity contribution is -0.121. The van der Waals surface area contributed by atoms with E-state index in [0.29, 0.717) is 6.42 Å². The molecule has 0 aromatic heterocycles. The van der Waals surface area contributed by atoms with Crippen molar-refractivity contribution in [3.8, 4) is 0 Å². The minimum atomic E-state index is -0.156. The highest BCUT2D eigenvalue weighted by Gasteiger charge is 2.04. The minimum Gasteiger partial charge on any atom is -0.294 e. The summed E-state index contributed by atoms with van der Waals surface area (Å²) in [5, 5.41) is 0.133. The van der Waals surface area contributed by atoms with Gasteiger partial charge in [-0.05, 0) is 6.42 Å². The molecule has 0 aliphatic heterocycles. The molecule has 1 amide bonds. The first-order chi connectivity index (χ1) is 4.20. The van der Waals surface area contributed by atoms with E-state index in [9.17, 15) is 4.79 Å². The molecular weight excluding hydrogens is 136 g/mol. The van der Waals surface area contributed by atoms with E-state index in [2.05, 4.69) is 12.6 Å². The van der Waals surface area contributed by atoms with Gasteiger partial charge >= 0.3 is 0 Å². The van der Waals surface area contributed by atoms with Gasteiger partial charge in [0.25, 0.3) is 0 Å². The molecule has 54 valence electrons. The first kappa shape index (κ1) is 8.78. The van der Waals surface area contributed by atoms with Gasteiger partial charge in [-0.2, -0.15) is 12.6 Å². The van der Waals surface area contributed by atoms with Gasteiger partial charge in [-0.1, -0.05) is 6.92 Å². The lowest BCUT2D eigenvalue weighted by Crippen LogP contribution is -2.31. The number of amides is 1. The molecule has 0 aromatic rings. The maximum atomic E-state index is 10.5. The SMILES string of the molecule is CCC(S)CC(=O)NN. The highest BCUT2D eigenvalue weighted by Crippen LogP contribution is 2.03. The van der Waals surface area contributed by atoms with Crippen LogP contribution in [0, 0.1) is 0 Å². The van der Waals surface area contributed by atoms with Crippen molar-refractivity contribution in [2.24, 2.45) is 5.84 Å². The molecule has 9 heavy (non-hydrogen) atoms. The molecule has 0 saturated heterocycles. The van der Waals surface area contributed by atoms with Crippen molar-refractivity contribution in [2.45, 2.75) is 25.0 Å². The second kappa shape index (κ2) is 4.64. The Morgan fingerprint density at radius 2 is 2.44 bits per heavy atom. The van der Waals surface area contributed by atoms with Gasteiger partial charge in [0.2, 0.25) is 5.91 Å². The maximum Gasteiger partial charge on any atom is 0.234 e. The first-order valence-corrected chi connectivity index (χ1v) is 3.39. The molecule has 0 heterocycles. The third kappa shape index (κ3) is 4.29. The van der Waals surface area contributed by atoms with E-state index >= 15 is 0 Å². The summed E-state index contributed by atoms with van der Waals surface area (Å²) in [6.45, 7) is 1.97. The van der Waals surface area contributed by atoms with E-state index in [1.54, 1.807) is 0 Å². The smallest absolute Gasteiger partial charge is 0.234 e. The van der Waals surface area contributed by atoms with Crippen LogP contribution < -0.4 is 11.3 Å². The topological polar surface area (TPSA) is 55.1 Å². The number of hydrogen-bond acceptors (Lipinski definition) is 3. The Kier molecular flexibility index (Phi) is 4.53. The molecule has 0 radical (unpaired) electrons. The van der Waals surface area contributed by atoms with Crippen LogP contribution in [0.2, 0.25) is 0 Å². The van der Waals surface area contributed by atoms with Crippen LogP contribution in [-0.2, 0) is 4.79 Å². The van der Waals surface area contributed by atoms with Gasteiger partial charge in [-0.15, -0.1) is 0 Å². The van der Waals surface area contributed by atoms with Crippen LogP contribution in [0.5, 0.6) is 0 Å². The van der Waals surface area contributed by atoms with E-state index in [4.69, 9.17) is 5.84 Å². The molecule has 0 spiro atoms. The van der Waals surface area contributed by atoms with E-state index in [1.807, 2.05) is 12.3 Å². The number of carbonyl (C=O) groups excluding carboxylic acids is 1. The molecule has 3 N–H and O–H groups in total. The summed E-state index contributed by atoms with van der Waals surface area (Å²) >= 11 is 4.11. The van der Waals surface area contributed by atoms with Crippen LogP contribution >= 0.6 is 12.6 Å².